The summed E-state index contributed by atoms with van der Waals surface area (Å²) in [5, 5.41) is 6.78. The van der Waals surface area contributed by atoms with E-state index in [0.29, 0.717) is 48.0 Å². The lowest BCUT2D eigenvalue weighted by atomic mass is 10.1. The molecule has 0 bridgehead atoms. The van der Waals surface area contributed by atoms with E-state index in [1.165, 1.54) is 0 Å². The maximum Gasteiger partial charge on any atom is 0.255 e. The van der Waals surface area contributed by atoms with Crippen LogP contribution < -0.4 is 15.5 Å². The Bertz CT molecular complexity index is 1150. The summed E-state index contributed by atoms with van der Waals surface area (Å²) in [4.78, 5) is 45.0. The van der Waals surface area contributed by atoms with E-state index >= 15 is 0 Å². The fourth-order valence-corrected chi connectivity index (χ4v) is 5.08. The largest absolute Gasteiger partial charge is 0.368 e. The Morgan fingerprint density at radius 2 is 1.67 bits per heavy atom. The van der Waals surface area contributed by atoms with E-state index in [1.807, 2.05) is 21.9 Å². The zero-order valence-electron chi connectivity index (χ0n) is 20.3. The van der Waals surface area contributed by atoms with Crippen molar-refractivity contribution in [1.29, 1.82) is 0 Å². The van der Waals surface area contributed by atoms with Gasteiger partial charge in [0.05, 0.1) is 11.4 Å². The summed E-state index contributed by atoms with van der Waals surface area (Å²) < 4.78 is 0. The van der Waals surface area contributed by atoms with Crippen molar-refractivity contribution in [3.63, 3.8) is 0 Å². The molecule has 3 amide bonds. The van der Waals surface area contributed by atoms with Gasteiger partial charge >= 0.3 is 0 Å². The summed E-state index contributed by atoms with van der Waals surface area (Å²) in [6.07, 6.45) is 2.85. The average molecular weight is 510 g/mol. The van der Waals surface area contributed by atoms with Gasteiger partial charge in [-0.25, -0.2) is 0 Å². The maximum atomic E-state index is 13.2. The van der Waals surface area contributed by atoms with Gasteiger partial charge in [0.25, 0.3) is 11.8 Å². The molecule has 2 aromatic carbocycles. The first-order chi connectivity index (χ1) is 17.5. The van der Waals surface area contributed by atoms with Crippen LogP contribution >= 0.6 is 11.6 Å². The van der Waals surface area contributed by atoms with Gasteiger partial charge in [0.1, 0.15) is 0 Å². The SMILES string of the molecule is O=C(Nc1cc(C(=O)N2CCNCC2)ccc1N1CCCN(C(=O)C2CC2)CC1)c1cccc(Cl)c1. The molecule has 2 heterocycles. The van der Waals surface area contributed by atoms with Gasteiger partial charge in [0.15, 0.2) is 0 Å². The second kappa shape index (κ2) is 10.9. The number of piperazine rings is 1. The highest BCUT2D eigenvalue weighted by Crippen LogP contribution is 2.33. The molecule has 0 aromatic heterocycles. The van der Waals surface area contributed by atoms with Gasteiger partial charge in [-0.1, -0.05) is 17.7 Å². The number of anilines is 2. The second-order valence-corrected chi connectivity index (χ2v) is 10.1. The Hall–Kier alpha value is -3.10. The molecule has 8 nitrogen and oxygen atoms in total. The first kappa shape index (κ1) is 24.6. The fraction of sp³-hybridized carbons (Fsp3) is 0.444. The molecule has 2 saturated heterocycles. The number of carbonyl (C=O) groups excluding carboxylic acids is 3. The molecule has 190 valence electrons. The zero-order chi connectivity index (χ0) is 25.1. The number of rotatable bonds is 5. The van der Waals surface area contributed by atoms with E-state index in [9.17, 15) is 14.4 Å². The average Bonchev–Trinajstić information content (AvgIpc) is 3.76. The molecule has 0 unspecified atom stereocenters. The van der Waals surface area contributed by atoms with Crippen LogP contribution in [-0.4, -0.2) is 79.9 Å². The van der Waals surface area contributed by atoms with Crippen LogP contribution in [0.5, 0.6) is 0 Å². The number of hydrogen-bond acceptors (Lipinski definition) is 5. The van der Waals surface area contributed by atoms with Crippen LogP contribution in [0.4, 0.5) is 11.4 Å². The van der Waals surface area contributed by atoms with Crippen LogP contribution in [0.2, 0.25) is 5.02 Å². The molecular formula is C27H32ClN5O3. The third-order valence-corrected chi connectivity index (χ3v) is 7.29. The number of amides is 3. The van der Waals surface area contributed by atoms with Gasteiger partial charge < -0.3 is 25.3 Å². The molecule has 3 fully saturated rings. The van der Waals surface area contributed by atoms with Gasteiger partial charge in [-0.3, -0.25) is 14.4 Å². The molecular weight excluding hydrogens is 478 g/mol. The number of carbonyl (C=O) groups is 3. The zero-order valence-corrected chi connectivity index (χ0v) is 21.1. The summed E-state index contributed by atoms with van der Waals surface area (Å²) in [6.45, 7) is 5.68. The first-order valence-corrected chi connectivity index (χ1v) is 13.1. The lowest BCUT2D eigenvalue weighted by Crippen LogP contribution is -2.46. The number of nitrogens with zero attached hydrogens (tertiary/aromatic N) is 3. The smallest absolute Gasteiger partial charge is 0.255 e. The Morgan fingerprint density at radius 3 is 2.42 bits per heavy atom. The molecule has 2 aliphatic heterocycles. The molecule has 5 rings (SSSR count). The van der Waals surface area contributed by atoms with Gasteiger partial charge in [0.2, 0.25) is 5.91 Å². The molecule has 9 heteroatoms. The molecule has 0 spiro atoms. The Balaban J connectivity index is 1.40. The van der Waals surface area contributed by atoms with Crippen molar-refractivity contribution in [1.82, 2.24) is 15.1 Å². The van der Waals surface area contributed by atoms with Crippen molar-refractivity contribution in [3.8, 4) is 0 Å². The van der Waals surface area contributed by atoms with E-state index in [2.05, 4.69) is 15.5 Å². The molecule has 0 atom stereocenters. The van der Waals surface area contributed by atoms with Crippen molar-refractivity contribution in [2.45, 2.75) is 19.3 Å². The second-order valence-electron chi connectivity index (χ2n) is 9.68. The van der Waals surface area contributed by atoms with Crippen molar-refractivity contribution >= 4 is 40.7 Å². The molecule has 2 aromatic rings. The molecule has 2 N–H and O–H groups in total. The predicted octanol–water partition coefficient (Wildman–Crippen LogP) is 3.09. The normalized spacial score (nSPS) is 18.5. The van der Waals surface area contributed by atoms with E-state index in [-0.39, 0.29) is 23.6 Å². The minimum absolute atomic E-state index is 0.0432. The number of benzene rings is 2. The van der Waals surface area contributed by atoms with E-state index < -0.39 is 0 Å². The van der Waals surface area contributed by atoms with Crippen molar-refractivity contribution in [3.05, 3.63) is 58.6 Å². The summed E-state index contributed by atoms with van der Waals surface area (Å²) >= 11 is 6.11. The lowest BCUT2D eigenvalue weighted by molar-refractivity contribution is -0.132. The van der Waals surface area contributed by atoms with Crippen LogP contribution in [-0.2, 0) is 4.79 Å². The Kier molecular flexibility index (Phi) is 7.43. The standard InChI is InChI=1S/C27H32ClN5O3/c28-22-4-1-3-20(17-22)25(34)30-23-18-21(27(36)33-13-9-29-10-14-33)7-8-24(23)31-11-2-12-32(16-15-31)26(35)19-5-6-19/h1,3-4,7-8,17-19,29H,2,5-6,9-16H2,(H,30,34). The maximum absolute atomic E-state index is 13.2. The van der Waals surface area contributed by atoms with Crippen molar-refractivity contribution < 1.29 is 14.4 Å². The number of hydrogen-bond donors (Lipinski definition) is 2. The minimum atomic E-state index is -0.286. The topological polar surface area (TPSA) is 85.0 Å². The van der Waals surface area contributed by atoms with Crippen LogP contribution in [0.25, 0.3) is 0 Å². The van der Waals surface area contributed by atoms with Gasteiger partial charge in [-0.2, -0.15) is 0 Å². The predicted molar refractivity (Wildman–Crippen MR) is 141 cm³/mol. The van der Waals surface area contributed by atoms with Gasteiger partial charge in [-0.05, 0) is 55.7 Å². The third-order valence-electron chi connectivity index (χ3n) is 7.06. The highest BCUT2D eigenvalue weighted by molar-refractivity contribution is 6.31. The molecule has 1 aliphatic carbocycles. The third kappa shape index (κ3) is 5.65. The molecule has 36 heavy (non-hydrogen) atoms. The van der Waals surface area contributed by atoms with Gasteiger partial charge in [-0.15, -0.1) is 0 Å². The Labute approximate surface area is 216 Å². The summed E-state index contributed by atoms with van der Waals surface area (Å²) in [7, 11) is 0. The molecule has 1 saturated carbocycles. The number of nitrogens with one attached hydrogen (secondary N) is 2. The summed E-state index contributed by atoms with van der Waals surface area (Å²) in [6, 6.07) is 12.3. The quantitative estimate of drug-likeness (QED) is 0.647. The van der Waals surface area contributed by atoms with Crippen molar-refractivity contribution in [2.24, 2.45) is 5.92 Å². The Morgan fingerprint density at radius 1 is 0.861 bits per heavy atom. The van der Waals surface area contributed by atoms with E-state index in [4.69, 9.17) is 11.6 Å². The minimum Gasteiger partial charge on any atom is -0.368 e. The fourth-order valence-electron chi connectivity index (χ4n) is 4.89. The highest BCUT2D eigenvalue weighted by Gasteiger charge is 2.34. The van der Waals surface area contributed by atoms with E-state index in [0.717, 1.165) is 51.1 Å². The van der Waals surface area contributed by atoms with Gasteiger partial charge in [0, 0.05) is 74.4 Å². The number of halogens is 1. The van der Waals surface area contributed by atoms with Crippen LogP contribution in [0.1, 0.15) is 40.0 Å². The van der Waals surface area contributed by atoms with Crippen molar-refractivity contribution in [2.75, 3.05) is 62.6 Å². The monoisotopic (exact) mass is 509 g/mol. The summed E-state index contributed by atoms with van der Waals surface area (Å²) in [5.74, 6) is 0.145. The van der Waals surface area contributed by atoms with E-state index in [1.54, 1.807) is 30.3 Å². The lowest BCUT2D eigenvalue weighted by Gasteiger charge is -2.29. The molecule has 3 aliphatic rings. The van der Waals surface area contributed by atoms with Crippen LogP contribution in [0, 0.1) is 5.92 Å². The van der Waals surface area contributed by atoms with Crippen LogP contribution in [0.15, 0.2) is 42.5 Å². The summed E-state index contributed by atoms with van der Waals surface area (Å²) in [5.41, 5.74) is 2.43. The highest BCUT2D eigenvalue weighted by atomic mass is 35.5. The van der Waals surface area contributed by atoms with Crippen LogP contribution in [0.3, 0.4) is 0 Å². The first-order valence-electron chi connectivity index (χ1n) is 12.7. The molecule has 0 radical (unpaired) electrons.